The fourth-order valence-electron chi connectivity index (χ4n) is 7.22. The molecule has 1 N–H and O–H groups in total. The molecule has 0 saturated carbocycles. The second kappa shape index (κ2) is 13.0. The van der Waals surface area contributed by atoms with Crippen LogP contribution in [0.15, 0.2) is 77.2 Å². The minimum atomic E-state index is -3.78. The Hall–Kier alpha value is -5.88. The predicted molar refractivity (Wildman–Crippen MR) is 201 cm³/mol. The number of nitrogens with zero attached hydrogens (tertiary/aromatic N) is 6. The van der Waals surface area contributed by atoms with Crippen LogP contribution in [0.5, 0.6) is 0 Å². The first-order chi connectivity index (χ1) is 25.5. The molecule has 4 aromatic heterocycles. The van der Waals surface area contributed by atoms with Crippen LogP contribution in [0.25, 0.3) is 61.0 Å². The molecule has 1 fully saturated rings. The van der Waals surface area contributed by atoms with Crippen LogP contribution in [0.1, 0.15) is 28.2 Å². The number of hydrogen-bond acceptors (Lipinski definition) is 9. The number of likely N-dealkylation sites (tertiary alicyclic amines) is 1. The molecule has 8 rings (SSSR count). The van der Waals surface area contributed by atoms with Gasteiger partial charge in [0.25, 0.3) is 5.91 Å². The number of sulfonamides is 1. The summed E-state index contributed by atoms with van der Waals surface area (Å²) in [5, 5.41) is 13.8. The molecular weight excluding hydrogens is 698 g/mol. The molecule has 5 heterocycles. The summed E-state index contributed by atoms with van der Waals surface area (Å²) in [4.78, 5) is 25.9. The monoisotopic (exact) mass is 731 g/mol. The van der Waals surface area contributed by atoms with Crippen molar-refractivity contribution in [2.24, 2.45) is 0 Å². The van der Waals surface area contributed by atoms with Crippen LogP contribution < -0.4 is 9.62 Å². The Morgan fingerprint density at radius 1 is 1.09 bits per heavy atom. The number of methoxy groups -OCH3 is 1. The highest BCUT2D eigenvalue weighted by molar-refractivity contribution is 7.92. The zero-order valence-corrected chi connectivity index (χ0v) is 30.2. The Labute approximate surface area is 304 Å². The highest BCUT2D eigenvalue weighted by Crippen LogP contribution is 2.41. The fraction of sp³-hybridized carbons (Fsp3) is 0.231. The molecule has 268 valence electrons. The number of halogens is 1. The third-order valence-electron chi connectivity index (χ3n) is 10.00. The smallest absolute Gasteiger partial charge is 0.255 e. The number of carbonyl (C=O) groups is 1. The molecule has 0 radical (unpaired) electrons. The summed E-state index contributed by atoms with van der Waals surface area (Å²) in [5.74, 6) is 0.104. The fourth-order valence-corrected chi connectivity index (χ4v) is 7.73. The molecule has 12 nitrogen and oxygen atoms in total. The largest absolute Gasteiger partial charge is 0.455 e. The maximum Gasteiger partial charge on any atom is 0.255 e. The molecule has 0 bridgehead atoms. The van der Waals surface area contributed by atoms with Gasteiger partial charge in [0.15, 0.2) is 0 Å². The van der Waals surface area contributed by atoms with E-state index in [1.54, 1.807) is 31.4 Å². The molecule has 1 amide bonds. The van der Waals surface area contributed by atoms with E-state index in [-0.39, 0.29) is 28.7 Å². The Morgan fingerprint density at radius 2 is 1.89 bits per heavy atom. The van der Waals surface area contributed by atoms with Gasteiger partial charge in [-0.15, -0.1) is 0 Å². The summed E-state index contributed by atoms with van der Waals surface area (Å²) >= 11 is 0. The Bertz CT molecular complexity index is 2770. The van der Waals surface area contributed by atoms with Gasteiger partial charge in [-0.1, -0.05) is 6.07 Å². The van der Waals surface area contributed by atoms with Crippen LogP contribution in [-0.2, 0) is 21.3 Å². The van der Waals surface area contributed by atoms with Crippen molar-refractivity contribution in [3.05, 3.63) is 95.6 Å². The summed E-state index contributed by atoms with van der Waals surface area (Å²) in [6.07, 6.45) is 2.16. The van der Waals surface area contributed by atoms with Crippen molar-refractivity contribution < 1.29 is 26.8 Å². The standard InChI is InChI=1S/C39H34FN7O5S/c1-42-39(48)36-28-16-27(32(45(2)53(4,49)50)18-34(28)52-38(36)22-8-10-24(40)11-9-22)29-12-13-30-37(44-29)33-17-26-23(19-41)6-5-7-31(26)47(33)35(43-30)21-46-15-14-25(20-46)51-3/h5-13,16-18,25H,14-15,20-21H2,1-4H3,(H,42,48)/t25-/m1/s1. The van der Waals surface area contributed by atoms with Gasteiger partial charge in [-0.25, -0.2) is 22.8 Å². The van der Waals surface area contributed by atoms with Crippen LogP contribution >= 0.6 is 0 Å². The highest BCUT2D eigenvalue weighted by Gasteiger charge is 2.28. The molecule has 0 unspecified atom stereocenters. The predicted octanol–water partition coefficient (Wildman–Crippen LogP) is 6.10. The zero-order valence-electron chi connectivity index (χ0n) is 29.3. The molecule has 14 heteroatoms. The number of amides is 1. The van der Waals surface area contributed by atoms with Crippen molar-refractivity contribution in [1.82, 2.24) is 24.6 Å². The van der Waals surface area contributed by atoms with E-state index in [4.69, 9.17) is 19.1 Å². The lowest BCUT2D eigenvalue weighted by Crippen LogP contribution is -2.25. The lowest BCUT2D eigenvalue weighted by Gasteiger charge is -2.21. The van der Waals surface area contributed by atoms with Gasteiger partial charge in [0.1, 0.15) is 28.5 Å². The number of hydrogen-bond donors (Lipinski definition) is 1. The number of nitriles is 1. The maximum atomic E-state index is 13.9. The van der Waals surface area contributed by atoms with Crippen LogP contribution in [0.3, 0.4) is 0 Å². The molecular formula is C39H34FN7O5S. The van der Waals surface area contributed by atoms with Gasteiger partial charge in [-0.2, -0.15) is 5.26 Å². The van der Waals surface area contributed by atoms with Crippen LogP contribution in [0, 0.1) is 17.1 Å². The van der Waals surface area contributed by atoms with Crippen molar-refractivity contribution in [3.63, 3.8) is 0 Å². The molecule has 0 aliphatic carbocycles. The van der Waals surface area contributed by atoms with E-state index in [2.05, 4.69) is 16.3 Å². The summed E-state index contributed by atoms with van der Waals surface area (Å²) in [5.41, 5.74) is 5.27. The van der Waals surface area contributed by atoms with Gasteiger partial charge >= 0.3 is 0 Å². The van der Waals surface area contributed by atoms with E-state index in [1.807, 2.05) is 28.7 Å². The number of carbonyl (C=O) groups excluding carboxylic acids is 1. The Morgan fingerprint density at radius 3 is 2.58 bits per heavy atom. The number of fused-ring (bicyclic) bond motifs is 6. The van der Waals surface area contributed by atoms with Crippen molar-refractivity contribution in [3.8, 4) is 28.7 Å². The van der Waals surface area contributed by atoms with Crippen LogP contribution in [0.4, 0.5) is 10.1 Å². The molecule has 1 saturated heterocycles. The van der Waals surface area contributed by atoms with Gasteiger partial charge < -0.3 is 14.5 Å². The van der Waals surface area contributed by atoms with Crippen LogP contribution in [-0.4, -0.2) is 80.2 Å². The lowest BCUT2D eigenvalue weighted by atomic mass is 10.0. The summed E-state index contributed by atoms with van der Waals surface area (Å²) in [6, 6.07) is 22.3. The quantitative estimate of drug-likeness (QED) is 0.196. The Kier molecular flexibility index (Phi) is 8.37. The zero-order chi connectivity index (χ0) is 37.2. The first kappa shape index (κ1) is 34.2. The second-order valence-corrected chi connectivity index (χ2v) is 15.2. The summed E-state index contributed by atoms with van der Waals surface area (Å²) in [7, 11) is 0.878. The van der Waals surface area contributed by atoms with E-state index in [0.717, 1.165) is 52.3 Å². The average Bonchev–Trinajstić information content (AvgIpc) is 3.89. The third-order valence-corrected chi connectivity index (χ3v) is 11.2. The minimum absolute atomic E-state index is 0.143. The van der Waals surface area contributed by atoms with Gasteiger partial charge in [-0.05, 0) is 67.1 Å². The van der Waals surface area contributed by atoms with E-state index in [1.165, 1.54) is 38.4 Å². The number of anilines is 1. The number of pyridine rings is 1. The van der Waals surface area contributed by atoms with Crippen LogP contribution in [0.2, 0.25) is 0 Å². The molecule has 7 aromatic rings. The number of nitrogens with one attached hydrogen (secondary N) is 1. The molecule has 53 heavy (non-hydrogen) atoms. The van der Waals surface area contributed by atoms with Gasteiger partial charge in [-0.3, -0.25) is 18.4 Å². The summed E-state index contributed by atoms with van der Waals surface area (Å²) in [6.45, 7) is 2.17. The first-order valence-corrected chi connectivity index (χ1v) is 18.8. The van der Waals surface area contributed by atoms with Crippen molar-refractivity contribution in [2.45, 2.75) is 19.1 Å². The van der Waals surface area contributed by atoms with Crippen molar-refractivity contribution in [1.29, 1.82) is 5.26 Å². The van der Waals surface area contributed by atoms with Gasteiger partial charge in [0, 0.05) is 62.3 Å². The molecule has 1 aliphatic rings. The molecule has 1 atom stereocenters. The topological polar surface area (TPSA) is 146 Å². The maximum absolute atomic E-state index is 13.9. The normalized spacial score (nSPS) is 15.1. The van der Waals surface area contributed by atoms with Crippen molar-refractivity contribution >= 4 is 60.0 Å². The highest BCUT2D eigenvalue weighted by atomic mass is 32.2. The third kappa shape index (κ3) is 5.83. The number of benzene rings is 3. The summed E-state index contributed by atoms with van der Waals surface area (Å²) < 4.78 is 54.9. The second-order valence-electron chi connectivity index (χ2n) is 13.2. The number of ether oxygens (including phenoxy) is 1. The van der Waals surface area contributed by atoms with Gasteiger partial charge in [0.05, 0.1) is 64.0 Å². The number of rotatable bonds is 8. The first-order valence-electron chi connectivity index (χ1n) is 16.9. The van der Waals surface area contributed by atoms with E-state index in [0.29, 0.717) is 45.3 Å². The van der Waals surface area contributed by atoms with E-state index >= 15 is 0 Å². The number of furan rings is 1. The van der Waals surface area contributed by atoms with E-state index in [9.17, 15) is 22.9 Å². The SMILES string of the molecule is CNC(=O)c1c(-c2ccc(F)cc2)oc2cc(N(C)S(C)(=O)=O)c(-c3ccc4nc(CN5CC[C@@H](OC)C5)n5c6cccc(C#N)c6cc5c4n3)cc12. The van der Waals surface area contributed by atoms with Crippen molar-refractivity contribution in [2.75, 3.05) is 44.9 Å². The molecule has 3 aromatic carbocycles. The van der Waals surface area contributed by atoms with Gasteiger partial charge in [0.2, 0.25) is 10.0 Å². The molecule has 0 spiro atoms. The molecule has 1 aliphatic heterocycles. The number of aromatic nitrogens is 3. The average molecular weight is 732 g/mol. The Balaban J connectivity index is 1.39. The minimum Gasteiger partial charge on any atom is -0.455 e. The lowest BCUT2D eigenvalue weighted by molar-refractivity contribution is 0.0964. The van der Waals surface area contributed by atoms with E-state index < -0.39 is 21.7 Å².